The number of carbonyl (C=O) groups is 3. The molecule has 30 heavy (non-hydrogen) atoms. The zero-order valence-corrected chi connectivity index (χ0v) is 18.1. The first-order valence-electron chi connectivity index (χ1n) is 9.82. The second kappa shape index (κ2) is 11.2. The molecule has 0 aromatic heterocycles. The molecule has 2 aromatic rings. The van der Waals surface area contributed by atoms with E-state index in [1.165, 1.54) is 0 Å². The molecule has 2 aromatic carbocycles. The summed E-state index contributed by atoms with van der Waals surface area (Å²) in [7, 11) is 0. The number of halogens is 1. The Morgan fingerprint density at radius 2 is 1.43 bits per heavy atom. The molecular formula is C22H27ClN4O3. The van der Waals surface area contributed by atoms with E-state index in [-0.39, 0.29) is 30.2 Å². The molecule has 0 aliphatic carbocycles. The Labute approximate surface area is 181 Å². The van der Waals surface area contributed by atoms with Crippen molar-refractivity contribution >= 4 is 52.1 Å². The van der Waals surface area contributed by atoms with Gasteiger partial charge in [0.15, 0.2) is 0 Å². The van der Waals surface area contributed by atoms with Gasteiger partial charge in [-0.15, -0.1) is 0 Å². The first-order valence-corrected chi connectivity index (χ1v) is 10.2. The molecule has 2 rings (SSSR count). The maximum absolute atomic E-state index is 12.2. The number of rotatable bonds is 9. The third-order valence-corrected chi connectivity index (χ3v) is 4.46. The van der Waals surface area contributed by atoms with Crippen molar-refractivity contribution in [3.63, 3.8) is 0 Å². The lowest BCUT2D eigenvalue weighted by Crippen LogP contribution is -2.22. The number of anilines is 4. The largest absolute Gasteiger partial charge is 0.375 e. The number of nitrogens with one attached hydrogen (secondary N) is 4. The highest BCUT2D eigenvalue weighted by Gasteiger charge is 2.09. The van der Waals surface area contributed by atoms with Crippen LogP contribution < -0.4 is 21.3 Å². The molecule has 3 amide bonds. The summed E-state index contributed by atoms with van der Waals surface area (Å²) in [5.41, 5.74) is 2.43. The molecule has 0 fully saturated rings. The van der Waals surface area contributed by atoms with Gasteiger partial charge >= 0.3 is 0 Å². The fourth-order valence-electron chi connectivity index (χ4n) is 2.49. The summed E-state index contributed by atoms with van der Waals surface area (Å²) in [6.07, 6.45) is 1.20. The Balaban J connectivity index is 1.90. The molecule has 0 aliphatic heterocycles. The van der Waals surface area contributed by atoms with E-state index in [0.29, 0.717) is 34.2 Å². The lowest BCUT2D eigenvalue weighted by Gasteiger charge is -2.12. The Kier molecular flexibility index (Phi) is 8.68. The average Bonchev–Trinajstić information content (AvgIpc) is 2.70. The van der Waals surface area contributed by atoms with Crippen molar-refractivity contribution in [1.82, 2.24) is 0 Å². The summed E-state index contributed by atoms with van der Waals surface area (Å²) in [6, 6.07) is 11.9. The summed E-state index contributed by atoms with van der Waals surface area (Å²) in [5, 5.41) is 11.8. The van der Waals surface area contributed by atoms with Gasteiger partial charge in [0.2, 0.25) is 17.7 Å². The van der Waals surface area contributed by atoms with Crippen LogP contribution in [0.3, 0.4) is 0 Å². The molecule has 0 unspecified atom stereocenters. The fourth-order valence-corrected chi connectivity index (χ4v) is 2.68. The van der Waals surface area contributed by atoms with Crippen LogP contribution in [0.1, 0.15) is 33.6 Å². The van der Waals surface area contributed by atoms with E-state index in [1.54, 1.807) is 42.5 Å². The number of carbonyl (C=O) groups excluding carboxylic acids is 3. The molecule has 0 radical (unpaired) electrons. The molecule has 0 saturated heterocycles. The van der Waals surface area contributed by atoms with Gasteiger partial charge in [-0.05, 0) is 48.9 Å². The predicted molar refractivity (Wildman–Crippen MR) is 122 cm³/mol. The van der Waals surface area contributed by atoms with Gasteiger partial charge in [0.25, 0.3) is 0 Å². The maximum Gasteiger partial charge on any atom is 0.243 e. The highest BCUT2D eigenvalue weighted by Crippen LogP contribution is 2.25. The summed E-state index contributed by atoms with van der Waals surface area (Å²) in [4.78, 5) is 35.7. The van der Waals surface area contributed by atoms with Crippen LogP contribution in [0.4, 0.5) is 22.7 Å². The Morgan fingerprint density at radius 1 is 0.867 bits per heavy atom. The zero-order valence-electron chi connectivity index (χ0n) is 17.3. The van der Waals surface area contributed by atoms with Crippen LogP contribution in [0.15, 0.2) is 42.5 Å². The van der Waals surface area contributed by atoms with E-state index < -0.39 is 0 Å². The highest BCUT2D eigenvalue weighted by atomic mass is 35.5. The number of hydrogen-bond donors (Lipinski definition) is 4. The lowest BCUT2D eigenvalue weighted by molar-refractivity contribution is -0.119. The summed E-state index contributed by atoms with van der Waals surface area (Å²) in [6.45, 7) is 5.57. The summed E-state index contributed by atoms with van der Waals surface area (Å²) < 4.78 is 0. The standard InChI is InChI=1S/C22H27ClN4O3/c1-4-5-20(28)26-17-10-11-18(23)19(12-17)24-13-21(29)25-15-6-8-16(9-7-15)27-22(30)14(2)3/h6-12,14,24H,4-5,13H2,1-3H3,(H,25,29)(H,26,28)(H,27,30). The van der Waals surface area contributed by atoms with Crippen LogP contribution in [0.25, 0.3) is 0 Å². The zero-order chi connectivity index (χ0) is 22.1. The van der Waals surface area contributed by atoms with Crippen LogP contribution in [-0.4, -0.2) is 24.3 Å². The van der Waals surface area contributed by atoms with E-state index in [1.807, 2.05) is 20.8 Å². The van der Waals surface area contributed by atoms with E-state index in [2.05, 4.69) is 21.3 Å². The minimum atomic E-state index is -0.259. The van der Waals surface area contributed by atoms with E-state index in [0.717, 1.165) is 6.42 Å². The first kappa shape index (κ1) is 23.2. The van der Waals surface area contributed by atoms with Crippen LogP contribution in [-0.2, 0) is 14.4 Å². The van der Waals surface area contributed by atoms with Crippen LogP contribution in [0, 0.1) is 5.92 Å². The Bertz CT molecular complexity index is 898. The molecule has 0 atom stereocenters. The maximum atomic E-state index is 12.2. The smallest absolute Gasteiger partial charge is 0.243 e. The molecule has 7 nitrogen and oxygen atoms in total. The fraction of sp³-hybridized carbons (Fsp3) is 0.318. The lowest BCUT2D eigenvalue weighted by atomic mass is 10.2. The SMILES string of the molecule is CCCC(=O)Nc1ccc(Cl)c(NCC(=O)Nc2ccc(NC(=O)C(C)C)cc2)c1. The van der Waals surface area contributed by atoms with Gasteiger partial charge in [0.05, 0.1) is 17.3 Å². The van der Waals surface area contributed by atoms with Crippen molar-refractivity contribution in [3.8, 4) is 0 Å². The monoisotopic (exact) mass is 430 g/mol. The molecule has 160 valence electrons. The quantitative estimate of drug-likeness (QED) is 0.462. The van der Waals surface area contributed by atoms with Crippen molar-refractivity contribution in [2.75, 3.05) is 27.8 Å². The number of amides is 3. The molecular weight excluding hydrogens is 404 g/mol. The molecule has 0 aliphatic rings. The Morgan fingerprint density at radius 3 is 2.03 bits per heavy atom. The Hall–Kier alpha value is -3.06. The summed E-state index contributed by atoms with van der Waals surface area (Å²) in [5.74, 6) is -0.510. The minimum absolute atomic E-state index is 0.00207. The van der Waals surface area contributed by atoms with E-state index in [4.69, 9.17) is 11.6 Å². The van der Waals surface area contributed by atoms with Crippen LogP contribution in [0.2, 0.25) is 5.02 Å². The van der Waals surface area contributed by atoms with Gasteiger partial charge in [-0.1, -0.05) is 32.4 Å². The molecule has 0 heterocycles. The van der Waals surface area contributed by atoms with Gasteiger partial charge in [0.1, 0.15) is 0 Å². The number of benzene rings is 2. The summed E-state index contributed by atoms with van der Waals surface area (Å²) >= 11 is 6.18. The molecule has 0 saturated carbocycles. The van der Waals surface area contributed by atoms with E-state index >= 15 is 0 Å². The second-order valence-corrected chi connectivity index (χ2v) is 7.52. The number of hydrogen-bond acceptors (Lipinski definition) is 4. The van der Waals surface area contributed by atoms with Crippen molar-refractivity contribution in [1.29, 1.82) is 0 Å². The van der Waals surface area contributed by atoms with Gasteiger partial charge in [-0.3, -0.25) is 14.4 Å². The normalized spacial score (nSPS) is 10.4. The van der Waals surface area contributed by atoms with Crippen molar-refractivity contribution in [3.05, 3.63) is 47.5 Å². The predicted octanol–water partition coefficient (Wildman–Crippen LogP) is 4.72. The third kappa shape index (κ3) is 7.40. The molecule has 4 N–H and O–H groups in total. The first-order chi connectivity index (χ1) is 14.3. The third-order valence-electron chi connectivity index (χ3n) is 4.13. The van der Waals surface area contributed by atoms with Gasteiger partial charge in [0, 0.05) is 29.4 Å². The van der Waals surface area contributed by atoms with Gasteiger partial charge < -0.3 is 21.3 Å². The highest BCUT2D eigenvalue weighted by molar-refractivity contribution is 6.33. The van der Waals surface area contributed by atoms with Gasteiger partial charge in [-0.2, -0.15) is 0 Å². The molecule has 0 spiro atoms. The van der Waals surface area contributed by atoms with Crippen molar-refractivity contribution in [2.45, 2.75) is 33.6 Å². The second-order valence-electron chi connectivity index (χ2n) is 7.12. The van der Waals surface area contributed by atoms with Crippen LogP contribution >= 0.6 is 11.6 Å². The van der Waals surface area contributed by atoms with Crippen molar-refractivity contribution < 1.29 is 14.4 Å². The van der Waals surface area contributed by atoms with Gasteiger partial charge in [-0.25, -0.2) is 0 Å². The molecule has 8 heteroatoms. The topological polar surface area (TPSA) is 99.3 Å². The van der Waals surface area contributed by atoms with Crippen molar-refractivity contribution in [2.24, 2.45) is 5.92 Å². The average molecular weight is 431 g/mol. The van der Waals surface area contributed by atoms with Crippen LogP contribution in [0.5, 0.6) is 0 Å². The molecule has 0 bridgehead atoms. The van der Waals surface area contributed by atoms with E-state index in [9.17, 15) is 14.4 Å². The minimum Gasteiger partial charge on any atom is -0.375 e.